The van der Waals surface area contributed by atoms with Gasteiger partial charge >= 0.3 is 0 Å². The molecule has 1 aliphatic heterocycles. The van der Waals surface area contributed by atoms with Crippen LogP contribution in [0.2, 0.25) is 0 Å². The molecular weight excluding hydrogens is 1560 g/mol. The van der Waals surface area contributed by atoms with Crippen LogP contribution in [0, 0.1) is 0 Å². The molecule has 0 aliphatic carbocycles. The third kappa shape index (κ3) is 10.6. The fourth-order valence-electron chi connectivity index (χ4n) is 12.6. The van der Waals surface area contributed by atoms with Gasteiger partial charge in [-0.15, -0.1) is 0 Å². The number of hydrogen-bond donors (Lipinski definition) is 0. The Morgan fingerprint density at radius 1 is 0.214 bits per heavy atom. The van der Waals surface area contributed by atoms with Gasteiger partial charge in [0.25, 0.3) is 0 Å². The smallest absolute Gasteiger partial charge is 0.0498 e. The van der Waals surface area contributed by atoms with Crippen molar-refractivity contribution in [2.75, 3.05) is 0 Å². The Hall–Kier alpha value is -4.24. The molecule has 5 heterocycles. The third-order valence-electron chi connectivity index (χ3n) is 17.1. The zero-order valence-electron chi connectivity index (χ0n) is 47.2. The summed E-state index contributed by atoms with van der Waals surface area (Å²) in [6, 6.07) is 37.6. The van der Waals surface area contributed by atoms with Gasteiger partial charge in [-0.3, -0.25) is 0 Å². The average Bonchev–Trinajstić information content (AvgIpc) is 2.24. The Morgan fingerprint density at radius 3 is 0.464 bits per heavy atom. The summed E-state index contributed by atoms with van der Waals surface area (Å²) in [5.41, 5.74) is 19.0. The maximum absolute atomic E-state index is 4.06. The number of fused-ring (bicyclic) bond motifs is 12. The molecule has 12 aromatic rings. The van der Waals surface area contributed by atoms with Crippen molar-refractivity contribution in [2.45, 2.75) is 105 Å². The number of unbranched alkanes of at least 4 members (excludes halogenated alkanes) is 4. The maximum Gasteiger partial charge on any atom is 0.0498 e. The Kier molecular flexibility index (Phi) is 17.1. The number of aromatic nitrogens is 4. The van der Waals surface area contributed by atoms with Crippen molar-refractivity contribution in [1.82, 2.24) is 18.3 Å². The molecule has 12 heteroatoms. The van der Waals surface area contributed by atoms with Crippen molar-refractivity contribution in [1.29, 1.82) is 0 Å². The van der Waals surface area contributed by atoms with Gasteiger partial charge in [-0.1, -0.05) is 229 Å². The van der Waals surface area contributed by atoms with Gasteiger partial charge < -0.3 is 18.3 Å². The van der Waals surface area contributed by atoms with Crippen molar-refractivity contribution >= 4 is 263 Å². The lowest BCUT2D eigenvalue weighted by molar-refractivity contribution is 0.665. The van der Waals surface area contributed by atoms with E-state index < -0.39 is 0 Å². The van der Waals surface area contributed by atoms with Gasteiger partial charge in [-0.05, 0) is 167 Å². The van der Waals surface area contributed by atoms with Crippen LogP contribution in [0.25, 0.3) is 136 Å². The molecule has 4 aromatic heterocycles. The number of hydrogen-bond acceptors (Lipinski definition) is 0. The van der Waals surface area contributed by atoms with Crippen LogP contribution < -0.4 is 0 Å². The van der Waals surface area contributed by atoms with Crippen molar-refractivity contribution in [3.63, 3.8) is 0 Å². The highest BCUT2D eigenvalue weighted by atomic mass is 79.9. The molecular formula is C72H60Br8N4. The van der Waals surface area contributed by atoms with Gasteiger partial charge in [-0.2, -0.15) is 0 Å². The van der Waals surface area contributed by atoms with E-state index in [0.29, 0.717) is 0 Å². The minimum Gasteiger partial charge on any atom is -0.340 e. The summed E-state index contributed by atoms with van der Waals surface area (Å²) in [6.07, 6.45) is 26.9. The van der Waals surface area contributed by atoms with Crippen molar-refractivity contribution < 1.29 is 0 Å². The van der Waals surface area contributed by atoms with E-state index in [1.54, 1.807) is 0 Å². The average molecular weight is 1620 g/mol. The van der Waals surface area contributed by atoms with Crippen LogP contribution in [-0.2, 0) is 26.2 Å². The summed E-state index contributed by atoms with van der Waals surface area (Å²) in [5, 5.41) is 9.90. The lowest BCUT2D eigenvalue weighted by atomic mass is 10.0. The molecule has 4 nitrogen and oxygen atoms in total. The minimum absolute atomic E-state index is 0.928. The highest BCUT2D eigenvalue weighted by Gasteiger charge is 2.21. The second-order valence-electron chi connectivity index (χ2n) is 22.5. The first kappa shape index (κ1) is 58.8. The lowest BCUT2D eigenvalue weighted by Crippen LogP contribution is -1.98. The summed E-state index contributed by atoms with van der Waals surface area (Å²) in [4.78, 5) is 0. The molecule has 424 valence electrons. The predicted molar refractivity (Wildman–Crippen MR) is 395 cm³/mol. The monoisotopic (exact) mass is 1610 g/mol. The van der Waals surface area contributed by atoms with Crippen LogP contribution in [-0.4, -0.2) is 18.3 Å². The molecule has 0 radical (unpaired) electrons. The molecule has 0 N–H and O–H groups in total. The molecule has 0 saturated heterocycles. The van der Waals surface area contributed by atoms with Gasteiger partial charge in [0.2, 0.25) is 0 Å². The molecule has 1 aliphatic rings. The second kappa shape index (κ2) is 24.4. The lowest BCUT2D eigenvalue weighted by Gasteiger charge is -2.10. The Bertz CT molecular complexity index is 3940. The topological polar surface area (TPSA) is 19.7 Å². The molecule has 13 rings (SSSR count). The minimum atomic E-state index is 0.928. The molecule has 8 aromatic carbocycles. The van der Waals surface area contributed by atoms with Crippen molar-refractivity contribution in [3.8, 4) is 0 Å². The first-order chi connectivity index (χ1) is 40.7. The van der Waals surface area contributed by atoms with Crippen LogP contribution in [0.15, 0.2) is 133 Å². The van der Waals surface area contributed by atoms with E-state index in [0.717, 1.165) is 158 Å². The van der Waals surface area contributed by atoms with Gasteiger partial charge in [0.1, 0.15) is 0 Å². The zero-order chi connectivity index (χ0) is 58.2. The van der Waals surface area contributed by atoms with Crippen LogP contribution >= 0.6 is 127 Å². The first-order valence-corrected chi connectivity index (χ1v) is 35.6. The van der Waals surface area contributed by atoms with E-state index in [1.165, 1.54) is 87.2 Å². The number of nitrogens with zero attached hydrogens (tertiary/aromatic N) is 4. The number of aryl methyl sites for hydroxylation is 4. The van der Waals surface area contributed by atoms with Crippen LogP contribution in [0.1, 0.15) is 124 Å². The highest BCUT2D eigenvalue weighted by Crippen LogP contribution is 2.44. The largest absolute Gasteiger partial charge is 0.340 e. The van der Waals surface area contributed by atoms with Crippen molar-refractivity contribution in [3.05, 3.63) is 177 Å². The van der Waals surface area contributed by atoms with E-state index >= 15 is 0 Å². The van der Waals surface area contributed by atoms with Crippen LogP contribution in [0.4, 0.5) is 0 Å². The Labute approximate surface area is 558 Å². The van der Waals surface area contributed by atoms with E-state index in [2.05, 4.69) is 319 Å². The number of rotatable bonds is 12. The van der Waals surface area contributed by atoms with Gasteiger partial charge in [0, 0.05) is 149 Å². The predicted octanol–water partition coefficient (Wildman–Crippen LogP) is 26.4. The van der Waals surface area contributed by atoms with Crippen LogP contribution in [0.3, 0.4) is 0 Å². The summed E-state index contributed by atoms with van der Waals surface area (Å²) < 4.78 is 18.7. The fraction of sp³-hybridized carbons (Fsp3) is 0.222. The summed E-state index contributed by atoms with van der Waals surface area (Å²) in [5.74, 6) is 0. The molecule has 0 saturated carbocycles. The fourth-order valence-corrected chi connectivity index (χ4v) is 16.4. The summed E-state index contributed by atoms with van der Waals surface area (Å²) >= 11 is 32.5. The number of halogens is 8. The molecule has 0 unspecified atom stereocenters. The van der Waals surface area contributed by atoms with E-state index in [1.807, 2.05) is 0 Å². The summed E-state index contributed by atoms with van der Waals surface area (Å²) in [7, 11) is 0. The van der Waals surface area contributed by atoms with E-state index in [9.17, 15) is 0 Å². The number of benzene rings is 8. The SMILES string of the molecule is CCCCn1c2cc3c(Br)cc2c2cc(Br)c(cc21)C=Cc1cc2c(cc1Br)c1cc(Br)c(cc1n2CCCC)C=Cc1cc2c(cc1Br)c1cc(Br)c(cc1n2CCCC)C=Cc1cc2c(cc1Br)c1cc(Br)c(cc1n2CCCC)C=C3. The van der Waals surface area contributed by atoms with Crippen LogP contribution in [0.5, 0.6) is 0 Å². The quantitative estimate of drug-likeness (QED) is 0.116. The Morgan fingerprint density at radius 2 is 0.345 bits per heavy atom. The zero-order valence-corrected chi connectivity index (χ0v) is 59.8. The first-order valence-electron chi connectivity index (χ1n) is 29.3. The molecule has 0 spiro atoms. The van der Waals surface area contributed by atoms with Gasteiger partial charge in [0.15, 0.2) is 0 Å². The third-order valence-corrected chi connectivity index (χ3v) is 22.6. The standard InChI is InChI=1S/C72H60Br8N4/c1-5-9-21-81-65-25-41-13-15-43-27-67-51(35-59(43)75)53-37-61(77)45(29-69(53)82(67)22-10-6-2)17-19-47-31-71-55(39-63(47)79)56-40-64(80)48(32-72(56)84(71)24-12-8-4)20-18-46-30-70-54(38-62(46)78)52-36-60(76)44(28-68(52)83(70)23-11-7-3)16-14-42-26-66(81)50(34-58(42)74)49(65)33-57(41)73/h13-20,25-40H,5-12,21-24H2,1-4H3. The molecule has 84 heavy (non-hydrogen) atoms. The van der Waals surface area contributed by atoms with Crippen molar-refractivity contribution in [2.24, 2.45) is 0 Å². The molecule has 16 bridgehead atoms. The van der Waals surface area contributed by atoms with E-state index in [-0.39, 0.29) is 0 Å². The normalized spacial score (nSPS) is 12.9. The summed E-state index contributed by atoms with van der Waals surface area (Å²) in [6.45, 7) is 12.8. The Balaban J connectivity index is 1.03. The van der Waals surface area contributed by atoms with Gasteiger partial charge in [-0.25, -0.2) is 0 Å². The molecule has 0 fully saturated rings. The van der Waals surface area contributed by atoms with Gasteiger partial charge in [0.05, 0.1) is 0 Å². The molecule has 0 atom stereocenters. The highest BCUT2D eigenvalue weighted by molar-refractivity contribution is 9.11. The second-order valence-corrected chi connectivity index (χ2v) is 29.3. The maximum atomic E-state index is 4.06. The molecule has 0 amide bonds. The van der Waals surface area contributed by atoms with E-state index in [4.69, 9.17) is 0 Å².